The van der Waals surface area contributed by atoms with Gasteiger partial charge in [0, 0.05) is 26.1 Å². The summed E-state index contributed by atoms with van der Waals surface area (Å²) in [4.78, 5) is 12.1. The van der Waals surface area contributed by atoms with E-state index in [-0.39, 0.29) is 23.8 Å². The number of nitrogens with zero attached hydrogens (tertiary/aromatic N) is 1. The molecule has 0 saturated heterocycles. The second-order valence-corrected chi connectivity index (χ2v) is 7.48. The zero-order valence-electron chi connectivity index (χ0n) is 14.2. The number of rotatable bonds is 8. The van der Waals surface area contributed by atoms with Crippen LogP contribution in [-0.4, -0.2) is 34.0 Å². The highest BCUT2D eigenvalue weighted by Gasteiger charge is 2.25. The van der Waals surface area contributed by atoms with Crippen molar-refractivity contribution in [1.82, 2.24) is 5.32 Å². The molecular formula is C18H23N3O3S. The third kappa shape index (κ3) is 5.04. The van der Waals surface area contributed by atoms with E-state index < -0.39 is 10.0 Å². The van der Waals surface area contributed by atoms with E-state index >= 15 is 0 Å². The first kappa shape index (κ1) is 19.0. The van der Waals surface area contributed by atoms with Crippen LogP contribution >= 0.6 is 0 Å². The number of benzene rings is 2. The standard InChI is InChI=1S/C18H23N3O3S/c1-15-7-9-16(10-8-15)21(14-11-18(22)20-13-12-19)25(23,24)17-5-3-2-4-6-17/h2-10H,11-14,19H2,1H3,(H,20,22). The summed E-state index contributed by atoms with van der Waals surface area (Å²) in [6, 6.07) is 15.4. The zero-order valence-corrected chi connectivity index (χ0v) is 15.0. The molecule has 2 aromatic carbocycles. The molecule has 0 aromatic heterocycles. The number of nitrogens with two attached hydrogens (primary N) is 1. The third-order valence-corrected chi connectivity index (χ3v) is 5.50. The van der Waals surface area contributed by atoms with Gasteiger partial charge in [-0.1, -0.05) is 35.9 Å². The molecule has 134 valence electrons. The van der Waals surface area contributed by atoms with Gasteiger partial charge in [-0.2, -0.15) is 0 Å². The summed E-state index contributed by atoms with van der Waals surface area (Å²) in [6.45, 7) is 2.70. The Kier molecular flexibility index (Phi) is 6.55. The van der Waals surface area contributed by atoms with Gasteiger partial charge in [-0.15, -0.1) is 0 Å². The van der Waals surface area contributed by atoms with E-state index in [1.807, 2.05) is 19.1 Å². The molecule has 0 unspecified atom stereocenters. The van der Waals surface area contributed by atoms with Crippen LogP contribution in [0.2, 0.25) is 0 Å². The van der Waals surface area contributed by atoms with E-state index in [4.69, 9.17) is 5.73 Å². The smallest absolute Gasteiger partial charge is 0.264 e. The van der Waals surface area contributed by atoms with Crippen molar-refractivity contribution in [1.29, 1.82) is 0 Å². The SMILES string of the molecule is Cc1ccc(N(CCC(=O)NCCN)S(=O)(=O)c2ccccc2)cc1. The van der Waals surface area contributed by atoms with E-state index in [1.54, 1.807) is 42.5 Å². The van der Waals surface area contributed by atoms with Gasteiger partial charge in [0.15, 0.2) is 0 Å². The Morgan fingerprint density at radius 2 is 1.72 bits per heavy atom. The van der Waals surface area contributed by atoms with E-state index in [0.29, 0.717) is 18.8 Å². The molecule has 7 heteroatoms. The number of aryl methyl sites for hydroxylation is 1. The minimum Gasteiger partial charge on any atom is -0.355 e. The molecule has 0 aliphatic carbocycles. The summed E-state index contributed by atoms with van der Waals surface area (Å²) >= 11 is 0. The van der Waals surface area contributed by atoms with Crippen molar-refractivity contribution in [2.75, 3.05) is 23.9 Å². The van der Waals surface area contributed by atoms with Gasteiger partial charge in [0.2, 0.25) is 5.91 Å². The number of carbonyl (C=O) groups is 1. The van der Waals surface area contributed by atoms with Crippen molar-refractivity contribution >= 4 is 21.6 Å². The number of hydrogen-bond acceptors (Lipinski definition) is 4. The first-order valence-corrected chi connectivity index (χ1v) is 9.50. The molecular weight excluding hydrogens is 338 g/mol. The highest BCUT2D eigenvalue weighted by Crippen LogP contribution is 2.24. The molecule has 0 bridgehead atoms. The van der Waals surface area contributed by atoms with Crippen molar-refractivity contribution < 1.29 is 13.2 Å². The summed E-state index contributed by atoms with van der Waals surface area (Å²) in [5.74, 6) is -0.231. The molecule has 2 rings (SSSR count). The number of carbonyl (C=O) groups excluding carboxylic acids is 1. The number of amides is 1. The first-order valence-electron chi connectivity index (χ1n) is 8.06. The van der Waals surface area contributed by atoms with Crippen LogP contribution in [0.15, 0.2) is 59.5 Å². The summed E-state index contributed by atoms with van der Waals surface area (Å²) in [5.41, 5.74) is 6.92. The molecule has 0 heterocycles. The van der Waals surface area contributed by atoms with Crippen LogP contribution in [0.25, 0.3) is 0 Å². The average Bonchev–Trinajstić information content (AvgIpc) is 2.62. The van der Waals surface area contributed by atoms with Gasteiger partial charge in [-0.05, 0) is 31.2 Å². The van der Waals surface area contributed by atoms with Crippen LogP contribution in [0.5, 0.6) is 0 Å². The fraction of sp³-hybridized carbons (Fsp3) is 0.278. The number of anilines is 1. The topological polar surface area (TPSA) is 92.5 Å². The maximum absolute atomic E-state index is 13.0. The van der Waals surface area contributed by atoms with E-state index in [1.165, 1.54) is 4.31 Å². The Bertz CT molecular complexity index is 790. The van der Waals surface area contributed by atoms with E-state index in [2.05, 4.69) is 5.32 Å². The Hall–Kier alpha value is -2.38. The molecule has 0 fully saturated rings. The first-order chi connectivity index (χ1) is 11.9. The predicted molar refractivity (Wildman–Crippen MR) is 98.8 cm³/mol. The van der Waals surface area contributed by atoms with Gasteiger partial charge in [-0.3, -0.25) is 9.10 Å². The molecule has 2 aromatic rings. The Morgan fingerprint density at radius 3 is 2.32 bits per heavy atom. The number of hydrogen-bond donors (Lipinski definition) is 2. The van der Waals surface area contributed by atoms with Crippen molar-refractivity contribution in [2.45, 2.75) is 18.2 Å². The molecule has 3 N–H and O–H groups in total. The summed E-state index contributed by atoms with van der Waals surface area (Å²) in [5, 5.41) is 2.65. The maximum atomic E-state index is 13.0. The van der Waals surface area contributed by atoms with Gasteiger partial charge in [0.25, 0.3) is 10.0 Å². The Morgan fingerprint density at radius 1 is 1.08 bits per heavy atom. The molecule has 0 radical (unpaired) electrons. The van der Waals surface area contributed by atoms with Crippen LogP contribution in [0.1, 0.15) is 12.0 Å². The second-order valence-electron chi connectivity index (χ2n) is 5.61. The van der Waals surface area contributed by atoms with Gasteiger partial charge in [-0.25, -0.2) is 8.42 Å². The largest absolute Gasteiger partial charge is 0.355 e. The fourth-order valence-electron chi connectivity index (χ4n) is 2.32. The minimum absolute atomic E-state index is 0.0523. The van der Waals surface area contributed by atoms with Crippen LogP contribution < -0.4 is 15.4 Å². The van der Waals surface area contributed by atoms with Crippen LogP contribution in [0.3, 0.4) is 0 Å². The quantitative estimate of drug-likeness (QED) is 0.748. The molecule has 0 spiro atoms. The molecule has 6 nitrogen and oxygen atoms in total. The summed E-state index contributed by atoms with van der Waals surface area (Å²) < 4.78 is 27.3. The van der Waals surface area contributed by atoms with Gasteiger partial charge in [0.05, 0.1) is 10.6 Å². The predicted octanol–water partition coefficient (Wildman–Crippen LogP) is 1.66. The third-order valence-electron chi connectivity index (χ3n) is 3.66. The number of sulfonamides is 1. The molecule has 0 aliphatic rings. The summed E-state index contributed by atoms with van der Waals surface area (Å²) in [7, 11) is -3.75. The van der Waals surface area contributed by atoms with E-state index in [0.717, 1.165) is 5.56 Å². The monoisotopic (exact) mass is 361 g/mol. The second kappa shape index (κ2) is 8.64. The van der Waals surface area contributed by atoms with Crippen LogP contribution in [0.4, 0.5) is 5.69 Å². The lowest BCUT2D eigenvalue weighted by atomic mass is 10.2. The van der Waals surface area contributed by atoms with Crippen molar-refractivity contribution in [3.05, 3.63) is 60.2 Å². The molecule has 0 saturated carbocycles. The zero-order chi connectivity index (χ0) is 18.3. The highest BCUT2D eigenvalue weighted by atomic mass is 32.2. The number of nitrogens with one attached hydrogen (secondary N) is 1. The van der Waals surface area contributed by atoms with Crippen LogP contribution in [0, 0.1) is 6.92 Å². The van der Waals surface area contributed by atoms with Gasteiger partial charge < -0.3 is 11.1 Å². The lowest BCUT2D eigenvalue weighted by Gasteiger charge is -2.24. The van der Waals surface area contributed by atoms with Gasteiger partial charge >= 0.3 is 0 Å². The lowest BCUT2D eigenvalue weighted by molar-refractivity contribution is -0.120. The molecule has 1 amide bonds. The van der Waals surface area contributed by atoms with Crippen molar-refractivity contribution in [3.8, 4) is 0 Å². The lowest BCUT2D eigenvalue weighted by Crippen LogP contribution is -2.36. The van der Waals surface area contributed by atoms with Crippen molar-refractivity contribution in [2.24, 2.45) is 5.73 Å². The molecule has 25 heavy (non-hydrogen) atoms. The summed E-state index contributed by atoms with van der Waals surface area (Å²) in [6.07, 6.45) is 0.0555. The van der Waals surface area contributed by atoms with Gasteiger partial charge in [0.1, 0.15) is 0 Å². The van der Waals surface area contributed by atoms with Crippen LogP contribution in [-0.2, 0) is 14.8 Å². The fourth-order valence-corrected chi connectivity index (χ4v) is 3.81. The molecule has 0 atom stereocenters. The van der Waals surface area contributed by atoms with Crippen molar-refractivity contribution in [3.63, 3.8) is 0 Å². The Labute approximate surface area is 148 Å². The van der Waals surface area contributed by atoms with E-state index in [9.17, 15) is 13.2 Å². The minimum atomic E-state index is -3.75. The molecule has 0 aliphatic heterocycles. The maximum Gasteiger partial charge on any atom is 0.264 e. The average molecular weight is 361 g/mol. The highest BCUT2D eigenvalue weighted by molar-refractivity contribution is 7.92. The normalized spacial score (nSPS) is 11.1. The Balaban J connectivity index is 2.29.